The number of pyridine rings is 1. The highest BCUT2D eigenvalue weighted by Gasteiger charge is 2.07. The highest BCUT2D eigenvalue weighted by atomic mass is 15.2. The molecular weight excluding hydrogens is 246 g/mol. The van der Waals surface area contributed by atoms with Crippen molar-refractivity contribution < 1.29 is 0 Å². The maximum Gasteiger partial charge on any atom is 0.128 e. The molecule has 110 valence electrons. The molecule has 0 saturated carbocycles. The molecule has 0 aromatic carbocycles. The minimum absolute atomic E-state index is 0.891. The molecule has 0 aliphatic carbocycles. The molecule has 1 rings (SSSR count). The van der Waals surface area contributed by atoms with Crippen LogP contribution in [0.25, 0.3) is 0 Å². The Morgan fingerprint density at radius 1 is 1.10 bits per heavy atom. The summed E-state index contributed by atoms with van der Waals surface area (Å²) >= 11 is 0. The maximum absolute atomic E-state index is 4.46. The fraction of sp³-hybridized carbons (Fsp3) is 0.471. The Morgan fingerprint density at radius 3 is 2.50 bits per heavy atom. The first-order valence-corrected chi connectivity index (χ1v) is 7.48. The van der Waals surface area contributed by atoms with Crippen molar-refractivity contribution in [1.29, 1.82) is 0 Å². The first-order chi connectivity index (χ1) is 9.81. The summed E-state index contributed by atoms with van der Waals surface area (Å²) in [5, 5.41) is 0. The lowest BCUT2D eigenvalue weighted by Gasteiger charge is -2.26. The van der Waals surface area contributed by atoms with E-state index < -0.39 is 0 Å². The monoisotopic (exact) mass is 273 g/mol. The van der Waals surface area contributed by atoms with Gasteiger partial charge in [0, 0.05) is 25.8 Å². The van der Waals surface area contributed by atoms with Gasteiger partial charge < -0.3 is 9.80 Å². The molecule has 0 aliphatic rings. The van der Waals surface area contributed by atoms with Gasteiger partial charge in [0.15, 0.2) is 0 Å². The van der Waals surface area contributed by atoms with Crippen molar-refractivity contribution in [3.05, 3.63) is 48.7 Å². The number of nitrogens with zero attached hydrogens (tertiary/aromatic N) is 3. The van der Waals surface area contributed by atoms with Crippen molar-refractivity contribution in [3.8, 4) is 0 Å². The second kappa shape index (κ2) is 10.2. The predicted octanol–water partition coefficient (Wildman–Crippen LogP) is 3.36. The van der Waals surface area contributed by atoms with Crippen LogP contribution < -0.4 is 4.90 Å². The Balaban J connectivity index is 2.64. The molecule has 0 radical (unpaired) electrons. The molecule has 1 aromatic rings. The van der Waals surface area contributed by atoms with Crippen molar-refractivity contribution >= 4 is 5.82 Å². The lowest BCUT2D eigenvalue weighted by atomic mass is 10.3. The predicted molar refractivity (Wildman–Crippen MR) is 88.2 cm³/mol. The van der Waals surface area contributed by atoms with Crippen molar-refractivity contribution in [2.75, 3.05) is 37.6 Å². The number of hydrogen-bond acceptors (Lipinski definition) is 3. The zero-order valence-electron chi connectivity index (χ0n) is 13.0. The van der Waals surface area contributed by atoms with E-state index in [0.717, 1.165) is 38.5 Å². The minimum Gasteiger partial charge on any atom is -0.352 e. The number of rotatable bonds is 9. The molecule has 0 bridgehead atoms. The van der Waals surface area contributed by atoms with Crippen LogP contribution in [0.1, 0.15) is 20.8 Å². The Kier molecular flexibility index (Phi) is 8.40. The summed E-state index contributed by atoms with van der Waals surface area (Å²) in [6.45, 7) is 11.6. The van der Waals surface area contributed by atoms with E-state index in [0.29, 0.717) is 0 Å². The molecule has 0 N–H and O–H groups in total. The highest BCUT2D eigenvalue weighted by Crippen LogP contribution is 2.09. The summed E-state index contributed by atoms with van der Waals surface area (Å²) in [5.41, 5.74) is 0. The molecule has 0 unspecified atom stereocenters. The second-order valence-electron chi connectivity index (χ2n) is 4.61. The smallest absolute Gasteiger partial charge is 0.128 e. The van der Waals surface area contributed by atoms with Crippen LogP contribution in [0.4, 0.5) is 5.82 Å². The molecule has 20 heavy (non-hydrogen) atoms. The zero-order chi connectivity index (χ0) is 14.6. The lowest BCUT2D eigenvalue weighted by Crippen LogP contribution is -2.35. The van der Waals surface area contributed by atoms with Gasteiger partial charge in [-0.1, -0.05) is 44.2 Å². The molecule has 1 heterocycles. The fourth-order valence-electron chi connectivity index (χ4n) is 2.02. The first kappa shape index (κ1) is 16.4. The molecule has 1 aromatic heterocycles. The quantitative estimate of drug-likeness (QED) is 0.643. The largest absolute Gasteiger partial charge is 0.352 e. The van der Waals surface area contributed by atoms with Gasteiger partial charge in [0.2, 0.25) is 0 Å². The zero-order valence-corrected chi connectivity index (χ0v) is 13.0. The minimum atomic E-state index is 0.891. The van der Waals surface area contributed by atoms with E-state index in [1.807, 2.05) is 31.3 Å². The molecule has 3 nitrogen and oxygen atoms in total. The van der Waals surface area contributed by atoms with Gasteiger partial charge in [0.1, 0.15) is 5.82 Å². The van der Waals surface area contributed by atoms with E-state index in [9.17, 15) is 0 Å². The van der Waals surface area contributed by atoms with E-state index in [-0.39, 0.29) is 0 Å². The van der Waals surface area contributed by atoms with Gasteiger partial charge in [-0.25, -0.2) is 4.98 Å². The Hall–Kier alpha value is -1.61. The number of anilines is 1. The topological polar surface area (TPSA) is 19.4 Å². The normalized spacial score (nSPS) is 11.8. The number of aromatic nitrogens is 1. The summed E-state index contributed by atoms with van der Waals surface area (Å²) in [6.07, 6.45) is 10.2. The van der Waals surface area contributed by atoms with Gasteiger partial charge >= 0.3 is 0 Å². The summed E-state index contributed by atoms with van der Waals surface area (Å²) in [5.74, 6) is 1.05. The van der Waals surface area contributed by atoms with Gasteiger partial charge in [0.05, 0.1) is 0 Å². The summed E-state index contributed by atoms with van der Waals surface area (Å²) < 4.78 is 0. The van der Waals surface area contributed by atoms with Crippen LogP contribution in [0.15, 0.2) is 48.7 Å². The molecular formula is C17H27N3. The first-order valence-electron chi connectivity index (χ1n) is 7.48. The van der Waals surface area contributed by atoms with E-state index in [1.165, 1.54) is 0 Å². The average Bonchev–Trinajstić information content (AvgIpc) is 2.51. The number of hydrogen-bond donors (Lipinski definition) is 0. The van der Waals surface area contributed by atoms with Crippen LogP contribution >= 0.6 is 0 Å². The van der Waals surface area contributed by atoms with Gasteiger partial charge in [0.25, 0.3) is 0 Å². The third-order valence-electron chi connectivity index (χ3n) is 3.32. The molecule has 0 atom stereocenters. The SMILES string of the molecule is CC=CC=CCN(CCN(CC)CC)c1ccccn1. The highest BCUT2D eigenvalue weighted by molar-refractivity contribution is 5.38. The number of likely N-dealkylation sites (N-methyl/N-ethyl adjacent to an activating group) is 1. The third kappa shape index (κ3) is 6.02. The van der Waals surface area contributed by atoms with Crippen LogP contribution in [-0.2, 0) is 0 Å². The second-order valence-corrected chi connectivity index (χ2v) is 4.61. The van der Waals surface area contributed by atoms with Gasteiger partial charge in [-0.3, -0.25) is 0 Å². The van der Waals surface area contributed by atoms with Crippen LogP contribution in [0.5, 0.6) is 0 Å². The van der Waals surface area contributed by atoms with Gasteiger partial charge in [-0.2, -0.15) is 0 Å². The molecule has 0 amide bonds. The maximum atomic E-state index is 4.46. The average molecular weight is 273 g/mol. The third-order valence-corrected chi connectivity index (χ3v) is 3.32. The van der Waals surface area contributed by atoms with Crippen LogP contribution in [-0.4, -0.2) is 42.6 Å². The standard InChI is InChI=1S/C17H27N3/c1-4-7-8-11-14-20(16-15-19(5-2)6-3)17-12-9-10-13-18-17/h4,7-13H,5-6,14-16H2,1-3H3. The summed E-state index contributed by atoms with van der Waals surface area (Å²) in [6, 6.07) is 6.08. The Morgan fingerprint density at radius 2 is 1.90 bits per heavy atom. The van der Waals surface area contributed by atoms with E-state index >= 15 is 0 Å². The number of allylic oxidation sites excluding steroid dienone is 3. The molecule has 0 aliphatic heterocycles. The van der Waals surface area contributed by atoms with Crippen molar-refractivity contribution in [2.45, 2.75) is 20.8 Å². The molecule has 0 fully saturated rings. The Bertz CT molecular complexity index is 394. The van der Waals surface area contributed by atoms with Gasteiger partial charge in [-0.15, -0.1) is 0 Å². The van der Waals surface area contributed by atoms with E-state index in [2.05, 4.69) is 52.9 Å². The van der Waals surface area contributed by atoms with Crippen LogP contribution in [0, 0.1) is 0 Å². The van der Waals surface area contributed by atoms with E-state index in [1.54, 1.807) is 0 Å². The van der Waals surface area contributed by atoms with Crippen molar-refractivity contribution in [3.63, 3.8) is 0 Å². The van der Waals surface area contributed by atoms with Crippen molar-refractivity contribution in [2.24, 2.45) is 0 Å². The molecule has 0 saturated heterocycles. The van der Waals surface area contributed by atoms with Crippen LogP contribution in [0.3, 0.4) is 0 Å². The van der Waals surface area contributed by atoms with Crippen LogP contribution in [0.2, 0.25) is 0 Å². The van der Waals surface area contributed by atoms with Gasteiger partial charge in [-0.05, 0) is 32.1 Å². The lowest BCUT2D eigenvalue weighted by molar-refractivity contribution is 0.310. The molecule has 3 heteroatoms. The summed E-state index contributed by atoms with van der Waals surface area (Å²) in [4.78, 5) is 9.22. The summed E-state index contributed by atoms with van der Waals surface area (Å²) in [7, 11) is 0. The van der Waals surface area contributed by atoms with E-state index in [4.69, 9.17) is 0 Å². The Labute approximate surface area is 123 Å². The molecule has 0 spiro atoms. The van der Waals surface area contributed by atoms with Crippen molar-refractivity contribution in [1.82, 2.24) is 9.88 Å². The fourth-order valence-corrected chi connectivity index (χ4v) is 2.02.